The Labute approximate surface area is 151 Å². The number of rotatable bonds is 4. The predicted molar refractivity (Wildman–Crippen MR) is 96.6 cm³/mol. The van der Waals surface area contributed by atoms with Gasteiger partial charge < -0.3 is 9.88 Å². The molecule has 0 fully saturated rings. The van der Waals surface area contributed by atoms with E-state index in [9.17, 15) is 18.4 Å². The van der Waals surface area contributed by atoms with Gasteiger partial charge in [-0.2, -0.15) is 5.10 Å². The van der Waals surface area contributed by atoms with E-state index in [1.165, 1.54) is 51.7 Å². The van der Waals surface area contributed by atoms with Crippen molar-refractivity contribution in [1.29, 1.82) is 0 Å². The highest BCUT2D eigenvalue weighted by Crippen LogP contribution is 2.17. The number of amides is 1. The van der Waals surface area contributed by atoms with Crippen LogP contribution in [0.4, 0.5) is 14.5 Å². The molecule has 2 aromatic carbocycles. The Kier molecular flexibility index (Phi) is 4.15. The van der Waals surface area contributed by atoms with Gasteiger partial charge in [-0.05, 0) is 36.4 Å². The highest BCUT2D eigenvalue weighted by Gasteiger charge is 2.14. The Morgan fingerprint density at radius 2 is 1.85 bits per heavy atom. The normalized spacial score (nSPS) is 11.2. The topological polar surface area (TPSA) is 68.4 Å². The Hall–Kier alpha value is -3.55. The van der Waals surface area contributed by atoms with Crippen LogP contribution < -0.4 is 10.9 Å². The Bertz CT molecular complexity index is 1230. The third-order valence-corrected chi connectivity index (χ3v) is 4.27. The van der Waals surface area contributed by atoms with Crippen molar-refractivity contribution in [3.8, 4) is 0 Å². The van der Waals surface area contributed by atoms with Crippen LogP contribution in [0.5, 0.6) is 0 Å². The summed E-state index contributed by atoms with van der Waals surface area (Å²) in [6, 6.07) is 11.4. The largest absolute Gasteiger partial charge is 0.324 e. The van der Waals surface area contributed by atoms with Crippen molar-refractivity contribution in [3.63, 3.8) is 0 Å². The molecule has 6 nitrogen and oxygen atoms in total. The molecule has 1 amide bonds. The van der Waals surface area contributed by atoms with E-state index in [2.05, 4.69) is 10.4 Å². The molecule has 2 heterocycles. The Balaban J connectivity index is 1.67. The van der Waals surface area contributed by atoms with Gasteiger partial charge in [0.05, 0.1) is 22.9 Å². The van der Waals surface area contributed by atoms with Gasteiger partial charge in [0.25, 0.3) is 5.56 Å². The van der Waals surface area contributed by atoms with Gasteiger partial charge in [0, 0.05) is 13.0 Å². The van der Waals surface area contributed by atoms with Crippen molar-refractivity contribution in [2.45, 2.75) is 13.0 Å². The van der Waals surface area contributed by atoms with Crippen molar-refractivity contribution in [1.82, 2.24) is 14.2 Å². The van der Waals surface area contributed by atoms with E-state index < -0.39 is 17.5 Å². The maximum atomic E-state index is 13.7. The molecule has 4 rings (SSSR count). The molecule has 0 atom stereocenters. The van der Waals surface area contributed by atoms with Gasteiger partial charge in [-0.15, -0.1) is 0 Å². The van der Waals surface area contributed by atoms with Crippen LogP contribution in [0.15, 0.2) is 59.5 Å². The quantitative estimate of drug-likeness (QED) is 0.602. The molecule has 0 aliphatic carbocycles. The third-order valence-electron chi connectivity index (χ3n) is 4.27. The zero-order valence-electron chi connectivity index (χ0n) is 14.0. The fourth-order valence-corrected chi connectivity index (χ4v) is 3.01. The van der Waals surface area contributed by atoms with E-state index >= 15 is 0 Å². The molecule has 0 aliphatic rings. The second-order valence-electron chi connectivity index (χ2n) is 6.00. The van der Waals surface area contributed by atoms with E-state index in [4.69, 9.17) is 0 Å². The first-order valence-electron chi connectivity index (χ1n) is 8.25. The number of carbonyl (C=O) groups excluding carboxylic acids is 1. The van der Waals surface area contributed by atoms with E-state index in [1.54, 1.807) is 12.1 Å². The van der Waals surface area contributed by atoms with Gasteiger partial charge in [0.15, 0.2) is 0 Å². The summed E-state index contributed by atoms with van der Waals surface area (Å²) in [6.07, 6.45) is 1.40. The zero-order chi connectivity index (χ0) is 19.0. The minimum atomic E-state index is -0.545. The first-order valence-corrected chi connectivity index (χ1v) is 8.25. The van der Waals surface area contributed by atoms with Crippen LogP contribution in [0.3, 0.4) is 0 Å². The molecule has 4 aromatic rings. The van der Waals surface area contributed by atoms with Crippen LogP contribution in [0, 0.1) is 11.6 Å². The lowest BCUT2D eigenvalue weighted by molar-refractivity contribution is -0.116. The second kappa shape index (κ2) is 6.64. The second-order valence-corrected chi connectivity index (χ2v) is 6.00. The summed E-state index contributed by atoms with van der Waals surface area (Å²) >= 11 is 0. The highest BCUT2D eigenvalue weighted by molar-refractivity contribution is 5.90. The van der Waals surface area contributed by atoms with E-state index in [-0.39, 0.29) is 24.2 Å². The van der Waals surface area contributed by atoms with Crippen molar-refractivity contribution in [2.75, 3.05) is 5.32 Å². The van der Waals surface area contributed by atoms with Gasteiger partial charge in [-0.1, -0.05) is 12.1 Å². The van der Waals surface area contributed by atoms with Gasteiger partial charge in [0.1, 0.15) is 17.2 Å². The van der Waals surface area contributed by atoms with Gasteiger partial charge in [0.2, 0.25) is 5.91 Å². The first-order chi connectivity index (χ1) is 13.0. The molecule has 0 saturated carbocycles. The van der Waals surface area contributed by atoms with Crippen LogP contribution >= 0.6 is 0 Å². The molecule has 0 bridgehead atoms. The summed E-state index contributed by atoms with van der Waals surface area (Å²) < 4.78 is 30.2. The number of carbonyl (C=O) groups is 1. The number of aromatic nitrogens is 3. The van der Waals surface area contributed by atoms with Crippen molar-refractivity contribution in [3.05, 3.63) is 76.7 Å². The maximum Gasteiger partial charge on any atom is 0.277 e. The number of fused-ring (bicyclic) bond motifs is 3. The smallest absolute Gasteiger partial charge is 0.277 e. The Morgan fingerprint density at radius 3 is 2.67 bits per heavy atom. The first kappa shape index (κ1) is 16.9. The minimum Gasteiger partial charge on any atom is -0.324 e. The standard InChI is InChI=1S/C19H14F2N4O2/c20-12-5-6-15-17(11-12)24(19(27)16-7-9-22-25(15)16)10-8-18(26)23-14-4-2-1-3-13(14)21/h1-7,9,11H,8,10H2,(H,23,26). The molecule has 0 unspecified atom stereocenters. The van der Waals surface area contributed by atoms with Crippen molar-refractivity contribution < 1.29 is 13.6 Å². The highest BCUT2D eigenvalue weighted by atomic mass is 19.1. The number of nitrogens with zero attached hydrogens (tertiary/aromatic N) is 3. The predicted octanol–water partition coefficient (Wildman–Crippen LogP) is 2.96. The lowest BCUT2D eigenvalue weighted by Crippen LogP contribution is -2.25. The molecule has 8 heteroatoms. The van der Waals surface area contributed by atoms with Crippen LogP contribution in [-0.2, 0) is 11.3 Å². The molecule has 0 saturated heterocycles. The summed E-state index contributed by atoms with van der Waals surface area (Å²) in [7, 11) is 0. The molecule has 2 aromatic heterocycles. The summed E-state index contributed by atoms with van der Waals surface area (Å²) in [5, 5.41) is 6.57. The number of aryl methyl sites for hydroxylation is 1. The van der Waals surface area contributed by atoms with Gasteiger partial charge >= 0.3 is 0 Å². The fraction of sp³-hybridized carbons (Fsp3) is 0.105. The maximum absolute atomic E-state index is 13.7. The lowest BCUT2D eigenvalue weighted by atomic mass is 10.2. The molecular weight excluding hydrogens is 354 g/mol. The average molecular weight is 368 g/mol. The van der Waals surface area contributed by atoms with Crippen LogP contribution in [0.1, 0.15) is 6.42 Å². The van der Waals surface area contributed by atoms with Crippen molar-refractivity contribution in [2.24, 2.45) is 0 Å². The van der Waals surface area contributed by atoms with Crippen LogP contribution in [-0.4, -0.2) is 20.1 Å². The zero-order valence-corrected chi connectivity index (χ0v) is 14.0. The van der Waals surface area contributed by atoms with Crippen LogP contribution in [0.2, 0.25) is 0 Å². The number of benzene rings is 2. The molecule has 0 aliphatic heterocycles. The lowest BCUT2D eigenvalue weighted by Gasteiger charge is -2.12. The number of para-hydroxylation sites is 1. The number of hydrogen-bond donors (Lipinski definition) is 1. The van der Waals surface area contributed by atoms with Crippen molar-refractivity contribution >= 4 is 28.1 Å². The fourth-order valence-electron chi connectivity index (χ4n) is 3.01. The summed E-state index contributed by atoms with van der Waals surface area (Å²) in [5.74, 6) is -1.50. The summed E-state index contributed by atoms with van der Waals surface area (Å²) in [4.78, 5) is 24.9. The number of halogens is 2. The molecule has 136 valence electrons. The molecule has 0 spiro atoms. The average Bonchev–Trinajstić information content (AvgIpc) is 3.13. The minimum absolute atomic E-state index is 0.0146. The van der Waals surface area contributed by atoms with E-state index in [1.807, 2.05) is 0 Å². The van der Waals surface area contributed by atoms with E-state index in [0.29, 0.717) is 16.6 Å². The molecule has 0 radical (unpaired) electrons. The summed E-state index contributed by atoms with van der Waals surface area (Å²) in [5.41, 5.74) is 0.880. The van der Waals surface area contributed by atoms with E-state index in [0.717, 1.165) is 0 Å². The molecule has 1 N–H and O–H groups in total. The van der Waals surface area contributed by atoms with Gasteiger partial charge in [-0.25, -0.2) is 13.3 Å². The number of hydrogen-bond acceptors (Lipinski definition) is 3. The molecule has 27 heavy (non-hydrogen) atoms. The third kappa shape index (κ3) is 3.05. The monoisotopic (exact) mass is 368 g/mol. The SMILES string of the molecule is O=C(CCn1c(=O)c2ccnn2c2ccc(F)cc21)Nc1ccccc1F. The molecular formula is C19H14F2N4O2. The number of nitrogens with one attached hydrogen (secondary N) is 1. The Morgan fingerprint density at radius 1 is 1.04 bits per heavy atom. The number of anilines is 1. The summed E-state index contributed by atoms with van der Waals surface area (Å²) in [6.45, 7) is 0.0146. The van der Waals surface area contributed by atoms with Gasteiger partial charge in [-0.3, -0.25) is 9.59 Å². The van der Waals surface area contributed by atoms with Crippen LogP contribution in [0.25, 0.3) is 16.6 Å².